The zero-order valence-corrected chi connectivity index (χ0v) is 17.0. The van der Waals surface area contributed by atoms with E-state index in [9.17, 15) is 17.6 Å². The van der Waals surface area contributed by atoms with E-state index < -0.39 is 17.6 Å². The molecule has 0 aliphatic carbocycles. The summed E-state index contributed by atoms with van der Waals surface area (Å²) in [4.78, 5) is 0. The maximum atomic E-state index is 13.7. The van der Waals surface area contributed by atoms with Crippen LogP contribution in [0.5, 0.6) is 0 Å². The molecule has 0 aromatic heterocycles. The lowest BCUT2D eigenvalue weighted by molar-refractivity contribution is -0.140. The summed E-state index contributed by atoms with van der Waals surface area (Å²) in [6, 6.07) is 19.2. The summed E-state index contributed by atoms with van der Waals surface area (Å²) in [5.74, 6) is 4.36. The molecule has 4 aromatic carbocycles. The van der Waals surface area contributed by atoms with Gasteiger partial charge in [0.1, 0.15) is 5.82 Å². The van der Waals surface area contributed by atoms with Crippen molar-refractivity contribution in [1.29, 1.82) is 0 Å². The summed E-state index contributed by atoms with van der Waals surface area (Å²) < 4.78 is 51.8. The lowest BCUT2D eigenvalue weighted by Crippen LogP contribution is -2.07. The molecule has 0 aliphatic heterocycles. The van der Waals surface area contributed by atoms with Crippen LogP contribution in [0.2, 0.25) is 0 Å². The molecule has 0 aliphatic rings. The normalized spacial score (nSPS) is 11.5. The summed E-state index contributed by atoms with van der Waals surface area (Å²) in [6.07, 6.45) is -1.31. The van der Waals surface area contributed by atoms with Crippen molar-refractivity contribution in [1.82, 2.24) is 0 Å². The van der Waals surface area contributed by atoms with Crippen LogP contribution in [0.15, 0.2) is 66.7 Å². The van der Waals surface area contributed by atoms with Crippen LogP contribution in [-0.2, 0) is 12.6 Å². The Morgan fingerprint density at radius 1 is 0.742 bits per heavy atom. The first-order valence-electron chi connectivity index (χ1n) is 10.2. The molecule has 0 amide bonds. The molecule has 4 aromatic rings. The fraction of sp³-hybridized carbons (Fsp3) is 0.185. The average Bonchev–Trinajstić information content (AvgIpc) is 2.75. The van der Waals surface area contributed by atoms with Crippen molar-refractivity contribution in [3.63, 3.8) is 0 Å². The Balaban J connectivity index is 1.65. The molecule has 0 saturated carbocycles. The van der Waals surface area contributed by atoms with Gasteiger partial charge >= 0.3 is 6.18 Å². The predicted molar refractivity (Wildman–Crippen MR) is 117 cm³/mol. The van der Waals surface area contributed by atoms with Crippen LogP contribution in [-0.4, -0.2) is 0 Å². The lowest BCUT2D eigenvalue weighted by Gasteiger charge is -2.07. The van der Waals surface area contributed by atoms with E-state index in [0.717, 1.165) is 29.3 Å². The van der Waals surface area contributed by atoms with E-state index in [-0.39, 0.29) is 5.56 Å². The van der Waals surface area contributed by atoms with Gasteiger partial charge in [-0.05, 0) is 70.3 Å². The number of unbranched alkanes of at least 4 members (excludes halogenated alkanes) is 1. The van der Waals surface area contributed by atoms with Gasteiger partial charge in [0.05, 0.1) is 5.56 Å². The monoisotopic (exact) mass is 420 g/mol. The Kier molecular flexibility index (Phi) is 5.69. The first kappa shape index (κ1) is 20.9. The van der Waals surface area contributed by atoms with E-state index in [1.807, 2.05) is 24.3 Å². The molecule has 0 radical (unpaired) electrons. The van der Waals surface area contributed by atoms with Crippen LogP contribution in [0, 0.1) is 17.7 Å². The van der Waals surface area contributed by atoms with E-state index >= 15 is 0 Å². The standard InChI is InChI=1S/C27H20F4/c1-2-3-4-18-7-12-23-21(15-18)10-11-22-16-19(8-13-24(22)23)5-6-20-9-14-25(26(28)17-20)27(29,30)31/h7-17H,2-4H2,1H3. The second-order valence-electron chi connectivity index (χ2n) is 7.60. The average molecular weight is 420 g/mol. The molecule has 0 heterocycles. The number of hydrogen-bond donors (Lipinski definition) is 0. The van der Waals surface area contributed by atoms with Crippen molar-refractivity contribution in [2.75, 3.05) is 0 Å². The molecule has 0 saturated heterocycles. The largest absolute Gasteiger partial charge is 0.419 e. The number of halogens is 4. The maximum absolute atomic E-state index is 13.7. The molecule has 0 spiro atoms. The topological polar surface area (TPSA) is 0 Å². The van der Waals surface area contributed by atoms with E-state index in [1.54, 1.807) is 0 Å². The highest BCUT2D eigenvalue weighted by atomic mass is 19.4. The second kappa shape index (κ2) is 8.43. The van der Waals surface area contributed by atoms with Gasteiger partial charge in [-0.2, -0.15) is 13.2 Å². The highest BCUT2D eigenvalue weighted by Gasteiger charge is 2.33. The third-order valence-electron chi connectivity index (χ3n) is 5.34. The van der Waals surface area contributed by atoms with Gasteiger partial charge in [0, 0.05) is 11.1 Å². The van der Waals surface area contributed by atoms with E-state index in [2.05, 4.69) is 43.0 Å². The van der Waals surface area contributed by atoms with Gasteiger partial charge in [-0.15, -0.1) is 0 Å². The lowest BCUT2D eigenvalue weighted by atomic mass is 9.97. The van der Waals surface area contributed by atoms with Gasteiger partial charge in [-0.25, -0.2) is 4.39 Å². The van der Waals surface area contributed by atoms with Gasteiger partial charge in [-0.3, -0.25) is 0 Å². The Hall–Kier alpha value is -3.32. The van der Waals surface area contributed by atoms with Crippen molar-refractivity contribution in [3.8, 4) is 11.8 Å². The third-order valence-corrected chi connectivity index (χ3v) is 5.34. The summed E-state index contributed by atoms with van der Waals surface area (Å²) in [7, 11) is 0. The fourth-order valence-corrected chi connectivity index (χ4v) is 3.70. The molecule has 0 bridgehead atoms. The molecule has 0 atom stereocenters. The molecular formula is C27H20F4. The van der Waals surface area contributed by atoms with Crippen molar-refractivity contribution < 1.29 is 17.6 Å². The summed E-state index contributed by atoms with van der Waals surface area (Å²) in [5, 5.41) is 4.51. The number of rotatable bonds is 3. The van der Waals surface area contributed by atoms with Crippen molar-refractivity contribution in [3.05, 3.63) is 94.8 Å². The van der Waals surface area contributed by atoms with Gasteiger partial charge in [0.25, 0.3) is 0 Å². The molecule has 0 N–H and O–H groups in total. The molecule has 31 heavy (non-hydrogen) atoms. The summed E-state index contributed by atoms with van der Waals surface area (Å²) in [6.45, 7) is 2.18. The second-order valence-corrected chi connectivity index (χ2v) is 7.60. The number of aryl methyl sites for hydroxylation is 1. The number of alkyl halides is 3. The number of benzene rings is 4. The minimum atomic E-state index is -4.71. The number of hydrogen-bond acceptors (Lipinski definition) is 0. The minimum Gasteiger partial charge on any atom is -0.206 e. The Labute approximate surface area is 178 Å². The van der Waals surface area contributed by atoms with Crippen molar-refractivity contribution in [2.45, 2.75) is 32.4 Å². The van der Waals surface area contributed by atoms with Crippen molar-refractivity contribution in [2.24, 2.45) is 0 Å². The van der Waals surface area contributed by atoms with E-state index in [0.29, 0.717) is 5.56 Å². The van der Waals surface area contributed by atoms with Gasteiger partial charge in [-0.1, -0.05) is 61.6 Å². The van der Waals surface area contributed by atoms with Crippen LogP contribution in [0.3, 0.4) is 0 Å². The van der Waals surface area contributed by atoms with Crippen LogP contribution in [0.25, 0.3) is 21.5 Å². The molecule has 156 valence electrons. The molecule has 0 nitrogen and oxygen atoms in total. The zero-order valence-electron chi connectivity index (χ0n) is 17.0. The first-order chi connectivity index (χ1) is 14.8. The first-order valence-corrected chi connectivity index (χ1v) is 10.2. The molecular weight excluding hydrogens is 400 g/mol. The number of fused-ring (bicyclic) bond motifs is 3. The summed E-state index contributed by atoms with van der Waals surface area (Å²) in [5.41, 5.74) is 0.962. The predicted octanol–water partition coefficient (Wildman–Crippen LogP) is 7.89. The smallest absolute Gasteiger partial charge is 0.206 e. The SMILES string of the molecule is CCCCc1ccc2c(ccc3cc(C#Cc4ccc(C(F)(F)F)c(F)c4)ccc32)c1. The Morgan fingerprint density at radius 3 is 2.00 bits per heavy atom. The van der Waals surface area contributed by atoms with E-state index in [4.69, 9.17) is 0 Å². The molecule has 0 unspecified atom stereocenters. The van der Waals surface area contributed by atoms with E-state index in [1.165, 1.54) is 35.2 Å². The van der Waals surface area contributed by atoms with Crippen LogP contribution in [0.4, 0.5) is 17.6 Å². The van der Waals surface area contributed by atoms with Crippen LogP contribution < -0.4 is 0 Å². The van der Waals surface area contributed by atoms with Crippen LogP contribution in [0.1, 0.15) is 42.0 Å². The highest BCUT2D eigenvalue weighted by molar-refractivity contribution is 6.07. The molecule has 4 heteroatoms. The quantitative estimate of drug-likeness (QED) is 0.180. The third kappa shape index (κ3) is 4.56. The van der Waals surface area contributed by atoms with Crippen LogP contribution >= 0.6 is 0 Å². The Bertz CT molecular complexity index is 1320. The maximum Gasteiger partial charge on any atom is 0.419 e. The fourth-order valence-electron chi connectivity index (χ4n) is 3.70. The van der Waals surface area contributed by atoms with Gasteiger partial charge < -0.3 is 0 Å². The van der Waals surface area contributed by atoms with Gasteiger partial charge in [0.2, 0.25) is 0 Å². The molecule has 4 rings (SSSR count). The zero-order chi connectivity index (χ0) is 22.0. The summed E-state index contributed by atoms with van der Waals surface area (Å²) >= 11 is 0. The van der Waals surface area contributed by atoms with Crippen molar-refractivity contribution >= 4 is 21.5 Å². The minimum absolute atomic E-state index is 0.198. The molecule has 0 fully saturated rings. The Morgan fingerprint density at radius 2 is 1.35 bits per heavy atom. The highest BCUT2D eigenvalue weighted by Crippen LogP contribution is 2.31. The van der Waals surface area contributed by atoms with Gasteiger partial charge in [0.15, 0.2) is 0 Å².